The van der Waals surface area contributed by atoms with Crippen LogP contribution in [0.3, 0.4) is 0 Å². The van der Waals surface area contributed by atoms with E-state index < -0.39 is 0 Å². The average molecular weight is 297 g/mol. The molecular weight excluding hydrogens is 286 g/mol. The molecule has 8 heteroatoms. The Morgan fingerprint density at radius 2 is 2.05 bits per heavy atom. The first-order valence-corrected chi connectivity index (χ1v) is 7.11. The number of fused-ring (bicyclic) bond motifs is 2. The first kappa shape index (κ1) is 12.2. The van der Waals surface area contributed by atoms with Crippen molar-refractivity contribution in [2.45, 2.75) is 6.54 Å². The van der Waals surface area contributed by atoms with Gasteiger partial charge in [-0.05, 0) is 17.7 Å². The summed E-state index contributed by atoms with van der Waals surface area (Å²) in [4.78, 5) is 17.8. The van der Waals surface area contributed by atoms with Crippen molar-refractivity contribution in [1.82, 2.24) is 28.7 Å². The number of aromatic amines is 1. The van der Waals surface area contributed by atoms with E-state index in [-0.39, 0.29) is 0 Å². The van der Waals surface area contributed by atoms with E-state index in [1.54, 1.807) is 6.33 Å². The van der Waals surface area contributed by atoms with Gasteiger partial charge in [-0.2, -0.15) is 8.75 Å². The smallest absolute Gasteiger partial charge is 0.182 e. The highest BCUT2D eigenvalue weighted by Crippen LogP contribution is 2.21. The summed E-state index contributed by atoms with van der Waals surface area (Å²) in [7, 11) is 1.99. The minimum Gasteiger partial charge on any atom is -0.353 e. The Hall–Kier alpha value is -2.61. The van der Waals surface area contributed by atoms with E-state index in [1.165, 1.54) is 18.1 Å². The molecule has 0 aliphatic heterocycles. The number of anilines is 1. The van der Waals surface area contributed by atoms with E-state index in [0.717, 1.165) is 34.5 Å². The summed E-state index contributed by atoms with van der Waals surface area (Å²) in [6, 6.07) is 6.11. The van der Waals surface area contributed by atoms with Crippen LogP contribution in [0.1, 0.15) is 5.56 Å². The molecule has 4 aromatic rings. The zero-order valence-electron chi connectivity index (χ0n) is 11.2. The number of hydrogen-bond donors (Lipinski definition) is 1. The Morgan fingerprint density at radius 3 is 3.00 bits per heavy atom. The number of H-pyrrole nitrogens is 1. The van der Waals surface area contributed by atoms with Crippen LogP contribution in [0.5, 0.6) is 0 Å². The lowest BCUT2D eigenvalue weighted by Crippen LogP contribution is -2.18. The third-order valence-electron chi connectivity index (χ3n) is 3.30. The molecule has 0 aliphatic rings. The Kier molecular flexibility index (Phi) is 2.74. The summed E-state index contributed by atoms with van der Waals surface area (Å²) in [6.07, 6.45) is 3.16. The number of rotatable bonds is 3. The van der Waals surface area contributed by atoms with E-state index >= 15 is 0 Å². The highest BCUT2D eigenvalue weighted by molar-refractivity contribution is 7.00. The fourth-order valence-corrected chi connectivity index (χ4v) is 2.83. The predicted octanol–water partition coefficient (Wildman–Crippen LogP) is 1.99. The van der Waals surface area contributed by atoms with Gasteiger partial charge in [-0.15, -0.1) is 0 Å². The van der Waals surface area contributed by atoms with Crippen molar-refractivity contribution in [3.8, 4) is 0 Å². The van der Waals surface area contributed by atoms with Crippen molar-refractivity contribution in [2.75, 3.05) is 11.9 Å². The summed E-state index contributed by atoms with van der Waals surface area (Å²) < 4.78 is 8.49. The molecular formula is C13H11N7S. The maximum absolute atomic E-state index is 4.35. The van der Waals surface area contributed by atoms with Crippen molar-refractivity contribution < 1.29 is 0 Å². The van der Waals surface area contributed by atoms with Crippen LogP contribution in [-0.2, 0) is 6.54 Å². The SMILES string of the molecule is CN(Cc1ccc2nsnc2c1)c1ncnc2nc[nH]c12. The molecule has 0 saturated carbocycles. The molecule has 104 valence electrons. The van der Waals surface area contributed by atoms with Gasteiger partial charge in [0.25, 0.3) is 0 Å². The largest absolute Gasteiger partial charge is 0.353 e. The molecule has 7 nitrogen and oxygen atoms in total. The van der Waals surface area contributed by atoms with Crippen molar-refractivity contribution >= 4 is 39.7 Å². The number of imidazole rings is 1. The van der Waals surface area contributed by atoms with Crippen LogP contribution >= 0.6 is 11.7 Å². The Bertz CT molecular complexity index is 913. The molecule has 21 heavy (non-hydrogen) atoms. The molecule has 1 aromatic carbocycles. The standard InChI is InChI=1S/C13H11N7S/c1-20(13-11-12(15-6-14-11)16-7-17-13)5-8-2-3-9-10(4-8)19-21-18-9/h2-4,6-7H,5H2,1H3,(H,14,15,16,17). The maximum atomic E-state index is 4.35. The van der Waals surface area contributed by atoms with E-state index in [0.29, 0.717) is 5.65 Å². The fourth-order valence-electron chi connectivity index (χ4n) is 2.32. The highest BCUT2D eigenvalue weighted by Gasteiger charge is 2.11. The zero-order chi connectivity index (χ0) is 14.2. The second-order valence-electron chi connectivity index (χ2n) is 4.74. The van der Waals surface area contributed by atoms with Gasteiger partial charge in [0, 0.05) is 13.6 Å². The fraction of sp³-hybridized carbons (Fsp3) is 0.154. The molecule has 0 radical (unpaired) electrons. The number of nitrogens with zero attached hydrogens (tertiary/aromatic N) is 6. The summed E-state index contributed by atoms with van der Waals surface area (Å²) in [5, 5.41) is 0. The number of nitrogens with one attached hydrogen (secondary N) is 1. The molecule has 0 saturated heterocycles. The minimum atomic E-state index is 0.672. The monoisotopic (exact) mass is 297 g/mol. The van der Waals surface area contributed by atoms with Crippen LogP contribution < -0.4 is 4.90 Å². The van der Waals surface area contributed by atoms with Gasteiger partial charge >= 0.3 is 0 Å². The Balaban J connectivity index is 1.68. The number of aromatic nitrogens is 6. The van der Waals surface area contributed by atoms with Crippen molar-refractivity contribution in [3.05, 3.63) is 36.4 Å². The second kappa shape index (κ2) is 4.74. The van der Waals surface area contributed by atoms with E-state index in [1.807, 2.05) is 13.1 Å². The highest BCUT2D eigenvalue weighted by atomic mass is 32.1. The maximum Gasteiger partial charge on any atom is 0.182 e. The van der Waals surface area contributed by atoms with Gasteiger partial charge in [0.1, 0.15) is 22.9 Å². The van der Waals surface area contributed by atoms with Crippen LogP contribution in [0.25, 0.3) is 22.2 Å². The Labute approximate surface area is 124 Å². The summed E-state index contributed by atoms with van der Waals surface area (Å²) in [5.74, 6) is 0.828. The Morgan fingerprint density at radius 1 is 1.14 bits per heavy atom. The normalized spacial score (nSPS) is 11.3. The third-order valence-corrected chi connectivity index (χ3v) is 3.86. The molecule has 0 fully saturated rings. The van der Waals surface area contributed by atoms with Crippen LogP contribution in [0, 0.1) is 0 Å². The molecule has 3 aromatic heterocycles. The number of benzene rings is 1. The van der Waals surface area contributed by atoms with E-state index in [2.05, 4.69) is 45.7 Å². The molecule has 4 rings (SSSR count). The second-order valence-corrected chi connectivity index (χ2v) is 5.27. The minimum absolute atomic E-state index is 0.672. The van der Waals surface area contributed by atoms with Gasteiger partial charge in [-0.1, -0.05) is 6.07 Å². The summed E-state index contributed by atoms with van der Waals surface area (Å²) in [5.41, 5.74) is 4.54. The van der Waals surface area contributed by atoms with Crippen molar-refractivity contribution in [3.63, 3.8) is 0 Å². The van der Waals surface area contributed by atoms with Crippen LogP contribution in [0.15, 0.2) is 30.9 Å². The first-order chi connectivity index (χ1) is 10.3. The molecule has 1 N–H and O–H groups in total. The summed E-state index contributed by atoms with van der Waals surface area (Å²) >= 11 is 1.23. The average Bonchev–Trinajstić information content (AvgIpc) is 3.14. The van der Waals surface area contributed by atoms with Crippen molar-refractivity contribution in [1.29, 1.82) is 0 Å². The van der Waals surface area contributed by atoms with Crippen molar-refractivity contribution in [2.24, 2.45) is 0 Å². The topological polar surface area (TPSA) is 83.5 Å². The van der Waals surface area contributed by atoms with E-state index in [4.69, 9.17) is 0 Å². The van der Waals surface area contributed by atoms with Gasteiger partial charge in [-0.3, -0.25) is 0 Å². The molecule has 0 aliphatic carbocycles. The molecule has 0 bridgehead atoms. The lowest BCUT2D eigenvalue weighted by Gasteiger charge is -2.18. The third kappa shape index (κ3) is 2.09. The molecule has 0 amide bonds. The van der Waals surface area contributed by atoms with Crippen LogP contribution in [-0.4, -0.2) is 35.7 Å². The van der Waals surface area contributed by atoms with Crippen LogP contribution in [0.4, 0.5) is 5.82 Å². The van der Waals surface area contributed by atoms with Crippen LogP contribution in [0.2, 0.25) is 0 Å². The van der Waals surface area contributed by atoms with Gasteiger partial charge in [-0.25, -0.2) is 15.0 Å². The quantitative estimate of drug-likeness (QED) is 0.622. The molecule has 3 heterocycles. The van der Waals surface area contributed by atoms with E-state index in [9.17, 15) is 0 Å². The number of hydrogen-bond acceptors (Lipinski definition) is 7. The van der Waals surface area contributed by atoms with Gasteiger partial charge in [0.05, 0.1) is 18.1 Å². The zero-order valence-corrected chi connectivity index (χ0v) is 12.0. The van der Waals surface area contributed by atoms with Gasteiger partial charge < -0.3 is 9.88 Å². The molecule has 0 unspecified atom stereocenters. The molecule has 0 atom stereocenters. The first-order valence-electron chi connectivity index (χ1n) is 6.38. The van der Waals surface area contributed by atoms with Gasteiger partial charge in [0.2, 0.25) is 0 Å². The summed E-state index contributed by atoms with van der Waals surface area (Å²) in [6.45, 7) is 0.721. The van der Waals surface area contributed by atoms with Gasteiger partial charge in [0.15, 0.2) is 11.5 Å². The lowest BCUT2D eigenvalue weighted by atomic mass is 10.2. The molecule has 0 spiro atoms. The predicted molar refractivity (Wildman–Crippen MR) is 81.2 cm³/mol. The lowest BCUT2D eigenvalue weighted by molar-refractivity contribution is 0.899.